The third-order valence-electron chi connectivity index (χ3n) is 3.23. The zero-order valence-corrected chi connectivity index (χ0v) is 12.2. The first-order chi connectivity index (χ1) is 9.06. The fourth-order valence-corrected chi connectivity index (χ4v) is 2.35. The van der Waals surface area contributed by atoms with Gasteiger partial charge in [0.15, 0.2) is 0 Å². The molecule has 0 bridgehead atoms. The Morgan fingerprint density at radius 1 is 1.53 bits per heavy atom. The Bertz CT molecular complexity index is 561. The average molecular weight is 283 g/mol. The number of hydrazine groups is 1. The number of nitrogens with two attached hydrogens (primary N) is 1. The zero-order chi connectivity index (χ0) is 14.0. The molecule has 2 aromatic rings. The Hall–Kier alpha value is -1.30. The molecule has 3 N–H and O–H groups in total. The molecule has 2 heterocycles. The van der Waals surface area contributed by atoms with E-state index in [1.165, 1.54) is 0 Å². The summed E-state index contributed by atoms with van der Waals surface area (Å²) in [5, 5.41) is 4.98. The van der Waals surface area contributed by atoms with Gasteiger partial charge in [0.25, 0.3) is 0 Å². The van der Waals surface area contributed by atoms with Crippen molar-refractivity contribution in [1.82, 2.24) is 15.2 Å². The van der Waals surface area contributed by atoms with Crippen molar-refractivity contribution in [3.05, 3.63) is 40.1 Å². The molecule has 0 spiro atoms. The Kier molecular flexibility index (Phi) is 4.29. The molecule has 2 rings (SSSR count). The monoisotopic (exact) mass is 282 g/mol. The summed E-state index contributed by atoms with van der Waals surface area (Å²) in [7, 11) is 1.88. The molecular formula is C13H19ClN4O. The quantitative estimate of drug-likeness (QED) is 0.652. The predicted octanol–water partition coefficient (Wildman–Crippen LogP) is 2.28. The van der Waals surface area contributed by atoms with Gasteiger partial charge in [-0.15, -0.1) is 0 Å². The second-order valence-corrected chi connectivity index (χ2v) is 4.93. The van der Waals surface area contributed by atoms with Crippen LogP contribution in [0.15, 0.2) is 16.5 Å². The summed E-state index contributed by atoms with van der Waals surface area (Å²) in [6.07, 6.45) is 1.49. The molecule has 0 saturated heterocycles. The molecule has 104 valence electrons. The number of hydrogen-bond donors (Lipinski definition) is 2. The first-order valence-corrected chi connectivity index (χ1v) is 6.67. The van der Waals surface area contributed by atoms with Crippen LogP contribution in [0.4, 0.5) is 0 Å². The summed E-state index contributed by atoms with van der Waals surface area (Å²) in [6, 6.07) is 3.79. The summed E-state index contributed by atoms with van der Waals surface area (Å²) >= 11 is 6.25. The maximum absolute atomic E-state index is 6.25. The van der Waals surface area contributed by atoms with Gasteiger partial charge in [-0.25, -0.2) is 5.43 Å². The highest BCUT2D eigenvalue weighted by molar-refractivity contribution is 6.31. The summed E-state index contributed by atoms with van der Waals surface area (Å²) in [5.41, 5.74) is 4.54. The van der Waals surface area contributed by atoms with E-state index in [1.807, 2.05) is 26.1 Å². The number of halogens is 1. The Morgan fingerprint density at radius 3 is 2.74 bits per heavy atom. The van der Waals surface area contributed by atoms with E-state index in [0.717, 1.165) is 29.3 Å². The van der Waals surface area contributed by atoms with E-state index in [9.17, 15) is 0 Å². The van der Waals surface area contributed by atoms with Gasteiger partial charge in [0, 0.05) is 19.9 Å². The fraction of sp³-hybridized carbons (Fsp3) is 0.462. The van der Waals surface area contributed by atoms with Crippen molar-refractivity contribution in [1.29, 1.82) is 0 Å². The van der Waals surface area contributed by atoms with Gasteiger partial charge in [0.2, 0.25) is 0 Å². The number of aryl methyl sites for hydroxylation is 3. The van der Waals surface area contributed by atoms with Crippen LogP contribution in [0.2, 0.25) is 5.02 Å². The van der Waals surface area contributed by atoms with Crippen molar-refractivity contribution >= 4 is 11.6 Å². The molecule has 5 nitrogen and oxygen atoms in total. The normalized spacial score (nSPS) is 12.9. The minimum Gasteiger partial charge on any atom is -0.464 e. The molecule has 0 radical (unpaired) electrons. The van der Waals surface area contributed by atoms with Crippen LogP contribution in [0.5, 0.6) is 0 Å². The topological polar surface area (TPSA) is 69.0 Å². The molecule has 0 fully saturated rings. The third kappa shape index (κ3) is 2.83. The fourth-order valence-electron chi connectivity index (χ4n) is 2.11. The molecule has 19 heavy (non-hydrogen) atoms. The molecule has 0 aliphatic heterocycles. The van der Waals surface area contributed by atoms with E-state index in [0.29, 0.717) is 11.4 Å². The van der Waals surface area contributed by atoms with Crippen LogP contribution in [0.25, 0.3) is 0 Å². The maximum Gasteiger partial charge on any atom is 0.122 e. The van der Waals surface area contributed by atoms with Gasteiger partial charge in [0.05, 0.1) is 22.5 Å². The Balaban J connectivity index is 2.23. The lowest BCUT2D eigenvalue weighted by Gasteiger charge is -2.13. The number of nitrogens with zero attached hydrogens (tertiary/aromatic N) is 2. The van der Waals surface area contributed by atoms with Gasteiger partial charge < -0.3 is 4.42 Å². The van der Waals surface area contributed by atoms with Crippen molar-refractivity contribution in [3.8, 4) is 0 Å². The highest BCUT2D eigenvalue weighted by atomic mass is 35.5. The van der Waals surface area contributed by atoms with Crippen LogP contribution in [0, 0.1) is 6.92 Å². The molecule has 1 atom stereocenters. The van der Waals surface area contributed by atoms with Crippen LogP contribution in [0.1, 0.15) is 35.9 Å². The maximum atomic E-state index is 6.25. The summed E-state index contributed by atoms with van der Waals surface area (Å²) in [6.45, 7) is 3.94. The van der Waals surface area contributed by atoms with Crippen LogP contribution >= 0.6 is 11.6 Å². The summed E-state index contributed by atoms with van der Waals surface area (Å²) in [4.78, 5) is 0. The van der Waals surface area contributed by atoms with E-state index >= 15 is 0 Å². The first kappa shape index (κ1) is 14.1. The highest BCUT2D eigenvalue weighted by Crippen LogP contribution is 2.26. The Labute approximate surface area is 117 Å². The largest absolute Gasteiger partial charge is 0.464 e. The average Bonchev–Trinajstić information content (AvgIpc) is 2.95. The molecule has 6 heteroatoms. The van der Waals surface area contributed by atoms with Crippen LogP contribution in [-0.2, 0) is 19.9 Å². The summed E-state index contributed by atoms with van der Waals surface area (Å²) in [5.74, 6) is 7.39. The lowest BCUT2D eigenvalue weighted by molar-refractivity contribution is 0.392. The van der Waals surface area contributed by atoms with E-state index in [1.54, 1.807) is 4.68 Å². The van der Waals surface area contributed by atoms with Gasteiger partial charge >= 0.3 is 0 Å². The lowest BCUT2D eigenvalue weighted by Crippen LogP contribution is -2.29. The molecule has 0 saturated carbocycles. The van der Waals surface area contributed by atoms with Crippen molar-refractivity contribution in [2.24, 2.45) is 12.9 Å². The number of aromatic nitrogens is 2. The second kappa shape index (κ2) is 5.77. The molecule has 0 aliphatic rings. The van der Waals surface area contributed by atoms with Crippen LogP contribution in [0.3, 0.4) is 0 Å². The van der Waals surface area contributed by atoms with Crippen LogP contribution in [-0.4, -0.2) is 9.78 Å². The van der Waals surface area contributed by atoms with E-state index in [4.69, 9.17) is 21.9 Å². The zero-order valence-electron chi connectivity index (χ0n) is 11.4. The van der Waals surface area contributed by atoms with E-state index in [2.05, 4.69) is 17.4 Å². The molecular weight excluding hydrogens is 264 g/mol. The SMILES string of the molecule is CCc1ccc(C(Cc2c(Cl)c(C)nn2C)NN)o1. The number of nitrogens with one attached hydrogen (secondary N) is 1. The van der Waals surface area contributed by atoms with Gasteiger partial charge in [-0.3, -0.25) is 10.5 Å². The molecule has 2 aromatic heterocycles. The summed E-state index contributed by atoms with van der Waals surface area (Å²) < 4.78 is 7.51. The molecule has 0 amide bonds. The van der Waals surface area contributed by atoms with Crippen molar-refractivity contribution in [2.45, 2.75) is 32.7 Å². The first-order valence-electron chi connectivity index (χ1n) is 6.29. The minimum atomic E-state index is -0.118. The van der Waals surface area contributed by atoms with E-state index < -0.39 is 0 Å². The molecule has 0 aromatic carbocycles. The predicted molar refractivity (Wildman–Crippen MR) is 74.8 cm³/mol. The smallest absolute Gasteiger partial charge is 0.122 e. The van der Waals surface area contributed by atoms with Crippen LogP contribution < -0.4 is 11.3 Å². The third-order valence-corrected chi connectivity index (χ3v) is 3.73. The number of furan rings is 1. The Morgan fingerprint density at radius 2 is 2.26 bits per heavy atom. The van der Waals surface area contributed by atoms with Gasteiger partial charge in [0.1, 0.15) is 11.5 Å². The van der Waals surface area contributed by atoms with Gasteiger partial charge in [-0.05, 0) is 19.1 Å². The van der Waals surface area contributed by atoms with Gasteiger partial charge in [-0.2, -0.15) is 5.10 Å². The standard InChI is InChI=1S/C13H19ClN4O/c1-4-9-5-6-12(19-9)10(16-15)7-11-13(14)8(2)17-18(11)3/h5-6,10,16H,4,7,15H2,1-3H3. The minimum absolute atomic E-state index is 0.118. The van der Waals surface area contributed by atoms with Gasteiger partial charge in [-0.1, -0.05) is 18.5 Å². The highest BCUT2D eigenvalue weighted by Gasteiger charge is 2.20. The second-order valence-electron chi connectivity index (χ2n) is 4.55. The molecule has 0 aliphatic carbocycles. The molecule has 1 unspecified atom stereocenters. The number of rotatable bonds is 5. The number of hydrogen-bond acceptors (Lipinski definition) is 4. The van der Waals surface area contributed by atoms with Crippen molar-refractivity contribution < 1.29 is 4.42 Å². The van der Waals surface area contributed by atoms with E-state index in [-0.39, 0.29) is 6.04 Å². The lowest BCUT2D eigenvalue weighted by atomic mass is 10.1. The van der Waals surface area contributed by atoms with Crippen molar-refractivity contribution in [2.75, 3.05) is 0 Å². The van der Waals surface area contributed by atoms with Crippen molar-refractivity contribution in [3.63, 3.8) is 0 Å².